The molecule has 1 aliphatic rings. The quantitative estimate of drug-likeness (QED) is 0.682. The number of amides is 1. The lowest BCUT2D eigenvalue weighted by atomic mass is 10.1. The topological polar surface area (TPSA) is 89.8 Å². The van der Waals surface area contributed by atoms with Crippen LogP contribution in [0.25, 0.3) is 10.9 Å². The van der Waals surface area contributed by atoms with Crippen LogP contribution in [0.15, 0.2) is 23.0 Å². The van der Waals surface area contributed by atoms with Gasteiger partial charge in [-0.25, -0.2) is 4.98 Å². The number of carbonyl (C=O) groups is 1. The minimum atomic E-state index is -0.268. The maximum absolute atomic E-state index is 12.8. The minimum Gasteiger partial charge on any atom is -0.296 e. The second-order valence-corrected chi connectivity index (χ2v) is 8.45. The molecule has 0 atom stereocenters. The average molecular weight is 412 g/mol. The zero-order valence-electron chi connectivity index (χ0n) is 16.8. The van der Waals surface area contributed by atoms with Gasteiger partial charge in [0.05, 0.1) is 10.9 Å². The summed E-state index contributed by atoms with van der Waals surface area (Å²) in [4.78, 5) is 30.2. The molecule has 0 saturated carbocycles. The predicted octanol–water partition coefficient (Wildman–Crippen LogP) is 4.13. The third-order valence-electron chi connectivity index (χ3n) is 5.57. The number of fused-ring (bicyclic) bond motifs is 2. The van der Waals surface area contributed by atoms with Crippen molar-refractivity contribution in [2.75, 3.05) is 5.32 Å². The van der Waals surface area contributed by atoms with Crippen LogP contribution in [-0.4, -0.2) is 25.7 Å². The van der Waals surface area contributed by atoms with Gasteiger partial charge in [0.2, 0.25) is 5.13 Å². The molecule has 0 bridgehead atoms. The Morgan fingerprint density at radius 1 is 1.21 bits per heavy atom. The van der Waals surface area contributed by atoms with Crippen LogP contribution in [0.5, 0.6) is 0 Å². The monoisotopic (exact) mass is 411 g/mol. The zero-order chi connectivity index (χ0) is 20.4. The van der Waals surface area contributed by atoms with Gasteiger partial charge in [0, 0.05) is 24.4 Å². The van der Waals surface area contributed by atoms with E-state index in [-0.39, 0.29) is 11.5 Å². The van der Waals surface area contributed by atoms with E-state index in [4.69, 9.17) is 4.98 Å². The van der Waals surface area contributed by atoms with Crippen LogP contribution >= 0.6 is 11.3 Å². The molecule has 0 aliphatic carbocycles. The number of hydrogen-bond acceptors (Lipinski definition) is 6. The molecule has 0 spiro atoms. The van der Waals surface area contributed by atoms with E-state index >= 15 is 0 Å². The van der Waals surface area contributed by atoms with Gasteiger partial charge >= 0.3 is 0 Å². The summed E-state index contributed by atoms with van der Waals surface area (Å²) in [6.45, 7) is 4.97. The Bertz CT molecular complexity index is 1100. The van der Waals surface area contributed by atoms with E-state index < -0.39 is 0 Å². The molecule has 152 valence electrons. The number of nitrogens with zero attached hydrogens (tertiary/aromatic N) is 4. The molecule has 0 saturated heterocycles. The summed E-state index contributed by atoms with van der Waals surface area (Å²) in [7, 11) is 0. The summed E-state index contributed by atoms with van der Waals surface area (Å²) in [6.07, 6.45) is 5.93. The van der Waals surface area contributed by atoms with Crippen LogP contribution in [0.2, 0.25) is 0 Å². The Balaban J connectivity index is 1.61. The van der Waals surface area contributed by atoms with Gasteiger partial charge in [0.25, 0.3) is 11.5 Å². The molecular formula is C21H25N5O2S. The summed E-state index contributed by atoms with van der Waals surface area (Å²) in [5.41, 5.74) is 1.02. The number of hydrogen-bond donors (Lipinski definition) is 1. The van der Waals surface area contributed by atoms with E-state index in [2.05, 4.69) is 29.4 Å². The maximum atomic E-state index is 12.8. The highest BCUT2D eigenvalue weighted by molar-refractivity contribution is 7.15. The summed E-state index contributed by atoms with van der Waals surface area (Å²) in [5, 5.41) is 13.2. The third kappa shape index (κ3) is 3.94. The highest BCUT2D eigenvalue weighted by Crippen LogP contribution is 2.28. The van der Waals surface area contributed by atoms with Crippen LogP contribution in [0.3, 0.4) is 0 Å². The zero-order valence-corrected chi connectivity index (χ0v) is 17.6. The van der Waals surface area contributed by atoms with Gasteiger partial charge in [-0.2, -0.15) is 0 Å². The van der Waals surface area contributed by atoms with Gasteiger partial charge in [-0.3, -0.25) is 19.5 Å². The average Bonchev–Trinajstić information content (AvgIpc) is 3.04. The van der Waals surface area contributed by atoms with Crippen LogP contribution in [-0.2, 0) is 13.0 Å². The molecule has 8 heteroatoms. The molecule has 1 aliphatic heterocycles. The largest absolute Gasteiger partial charge is 0.296 e. The Labute approximate surface area is 173 Å². The molecule has 1 amide bonds. The fourth-order valence-electron chi connectivity index (χ4n) is 3.82. The summed E-state index contributed by atoms with van der Waals surface area (Å²) in [6, 6.07) is 5.07. The van der Waals surface area contributed by atoms with Crippen molar-refractivity contribution in [3.8, 4) is 0 Å². The molecule has 0 fully saturated rings. The van der Waals surface area contributed by atoms with E-state index in [1.807, 2.05) is 0 Å². The third-order valence-corrected chi connectivity index (χ3v) is 6.58. The number of carbonyl (C=O) groups excluding carboxylic acids is 1. The second kappa shape index (κ2) is 8.41. The lowest BCUT2D eigenvalue weighted by molar-refractivity contribution is 0.102. The van der Waals surface area contributed by atoms with Crippen molar-refractivity contribution >= 4 is 33.3 Å². The molecule has 1 aromatic carbocycles. The molecule has 4 rings (SSSR count). The summed E-state index contributed by atoms with van der Waals surface area (Å²) < 4.78 is 1.79. The van der Waals surface area contributed by atoms with Gasteiger partial charge in [-0.15, -0.1) is 10.2 Å². The van der Waals surface area contributed by atoms with Gasteiger partial charge < -0.3 is 0 Å². The van der Waals surface area contributed by atoms with Gasteiger partial charge in [-0.05, 0) is 43.9 Å². The fraction of sp³-hybridized carbons (Fsp3) is 0.476. The first-order valence-electron chi connectivity index (χ1n) is 10.3. The van der Waals surface area contributed by atoms with E-state index in [0.29, 0.717) is 27.5 Å². The predicted molar refractivity (Wildman–Crippen MR) is 115 cm³/mol. The van der Waals surface area contributed by atoms with Crippen molar-refractivity contribution in [1.29, 1.82) is 0 Å². The first-order chi connectivity index (χ1) is 14.1. The number of nitrogens with one attached hydrogen (secondary N) is 1. The highest BCUT2D eigenvalue weighted by Gasteiger charge is 2.17. The first kappa shape index (κ1) is 19.7. The standard InChI is InChI=1S/C21H25N5O2S/c1-3-13(4-2)19-24-25-21(29-19)23-18(27)14-9-10-15-16(12-14)22-17-8-6-5-7-11-26(17)20(15)28/h9-10,12-13H,3-8,11H2,1-2H3,(H,23,25,27). The normalized spacial score (nSPS) is 14.0. The fourth-order valence-corrected chi connectivity index (χ4v) is 4.82. The number of aromatic nitrogens is 4. The molecule has 29 heavy (non-hydrogen) atoms. The maximum Gasteiger partial charge on any atom is 0.261 e. The summed E-state index contributed by atoms with van der Waals surface area (Å²) in [5.74, 6) is 0.916. The van der Waals surface area contributed by atoms with Gasteiger partial charge in [0.1, 0.15) is 10.8 Å². The Hall–Kier alpha value is -2.61. The van der Waals surface area contributed by atoms with Crippen molar-refractivity contribution in [3.05, 3.63) is 44.9 Å². The Morgan fingerprint density at radius 2 is 2.03 bits per heavy atom. The molecule has 3 aromatic rings. The Kier molecular flexibility index (Phi) is 5.71. The smallest absolute Gasteiger partial charge is 0.261 e. The molecule has 3 heterocycles. The van der Waals surface area contributed by atoms with E-state index in [1.54, 1.807) is 22.8 Å². The lowest BCUT2D eigenvalue weighted by Crippen LogP contribution is -2.24. The Morgan fingerprint density at radius 3 is 2.83 bits per heavy atom. The number of aryl methyl sites for hydroxylation is 1. The number of rotatable bonds is 5. The van der Waals surface area contributed by atoms with Crippen LogP contribution in [0, 0.1) is 0 Å². The van der Waals surface area contributed by atoms with Gasteiger partial charge in [-0.1, -0.05) is 31.6 Å². The SMILES string of the molecule is CCC(CC)c1nnc(NC(=O)c2ccc3c(=O)n4c(nc3c2)CCCCC4)s1. The van der Waals surface area contributed by atoms with Crippen molar-refractivity contribution in [1.82, 2.24) is 19.7 Å². The van der Waals surface area contributed by atoms with Crippen LogP contribution in [0.4, 0.5) is 5.13 Å². The van der Waals surface area contributed by atoms with Gasteiger partial charge in [0.15, 0.2) is 0 Å². The number of anilines is 1. The lowest BCUT2D eigenvalue weighted by Gasteiger charge is -2.10. The minimum absolute atomic E-state index is 0.0159. The van der Waals surface area contributed by atoms with E-state index in [9.17, 15) is 9.59 Å². The van der Waals surface area contributed by atoms with Crippen molar-refractivity contribution in [2.24, 2.45) is 0 Å². The molecule has 2 aromatic heterocycles. The molecular weight excluding hydrogens is 386 g/mol. The van der Waals surface area contributed by atoms with Crippen LogP contribution < -0.4 is 10.9 Å². The molecule has 7 nitrogen and oxygen atoms in total. The first-order valence-corrected chi connectivity index (χ1v) is 11.1. The molecule has 1 N–H and O–H groups in total. The van der Waals surface area contributed by atoms with E-state index in [0.717, 1.165) is 55.9 Å². The van der Waals surface area contributed by atoms with E-state index in [1.165, 1.54) is 11.3 Å². The molecule has 0 unspecified atom stereocenters. The van der Waals surface area contributed by atoms with Crippen molar-refractivity contribution in [3.63, 3.8) is 0 Å². The number of benzene rings is 1. The van der Waals surface area contributed by atoms with Crippen molar-refractivity contribution < 1.29 is 4.79 Å². The van der Waals surface area contributed by atoms with Crippen LogP contribution in [0.1, 0.15) is 73.1 Å². The summed E-state index contributed by atoms with van der Waals surface area (Å²) >= 11 is 1.42. The second-order valence-electron chi connectivity index (χ2n) is 7.44. The molecule has 0 radical (unpaired) electrons. The van der Waals surface area contributed by atoms with Crippen molar-refractivity contribution in [2.45, 2.75) is 64.8 Å². The highest BCUT2D eigenvalue weighted by atomic mass is 32.1.